The van der Waals surface area contributed by atoms with Gasteiger partial charge in [0.15, 0.2) is 11.5 Å². The van der Waals surface area contributed by atoms with Crippen molar-refractivity contribution in [1.82, 2.24) is 19.9 Å². The largest absolute Gasteiger partial charge is 0.372 e. The zero-order chi connectivity index (χ0) is 19.5. The summed E-state index contributed by atoms with van der Waals surface area (Å²) in [7, 11) is 0. The fraction of sp³-hybridized carbons (Fsp3) is 0.500. The molecule has 0 atom stereocenters. The second kappa shape index (κ2) is 8.27. The van der Waals surface area contributed by atoms with E-state index in [0.29, 0.717) is 17.6 Å². The topological polar surface area (TPSA) is 81.8 Å². The quantitative estimate of drug-likeness (QED) is 0.578. The van der Waals surface area contributed by atoms with Crippen molar-refractivity contribution in [1.29, 1.82) is 0 Å². The predicted molar refractivity (Wildman–Crippen MR) is 118 cm³/mol. The first-order valence-electron chi connectivity index (χ1n) is 10.9. The minimum atomic E-state index is 0.474. The monoisotopic (exact) mass is 391 g/mol. The maximum Gasteiger partial charge on any atom is 0.231 e. The molecule has 2 aliphatic rings. The van der Waals surface area contributed by atoms with Crippen molar-refractivity contribution < 1.29 is 0 Å². The van der Waals surface area contributed by atoms with Crippen LogP contribution >= 0.6 is 0 Å². The molecule has 1 saturated heterocycles. The van der Waals surface area contributed by atoms with E-state index in [1.807, 2.05) is 0 Å². The molecule has 3 heterocycles. The molecule has 1 saturated carbocycles. The molecule has 152 valence electrons. The lowest BCUT2D eigenvalue weighted by molar-refractivity contribution is 0.462. The first-order valence-corrected chi connectivity index (χ1v) is 10.9. The molecule has 29 heavy (non-hydrogen) atoms. The number of aromatic nitrogens is 4. The number of rotatable bonds is 5. The Morgan fingerprint density at radius 2 is 1.66 bits per heavy atom. The van der Waals surface area contributed by atoms with Crippen molar-refractivity contribution in [3.63, 3.8) is 0 Å². The fourth-order valence-electron chi connectivity index (χ4n) is 4.47. The van der Waals surface area contributed by atoms with Crippen LogP contribution in [0.15, 0.2) is 30.6 Å². The van der Waals surface area contributed by atoms with Crippen molar-refractivity contribution in [2.75, 3.05) is 28.6 Å². The van der Waals surface area contributed by atoms with Gasteiger partial charge in [-0.05, 0) is 56.4 Å². The molecule has 0 bridgehead atoms. The highest BCUT2D eigenvalue weighted by molar-refractivity contribution is 5.84. The first-order chi connectivity index (χ1) is 14.3. The summed E-state index contributed by atoms with van der Waals surface area (Å²) in [6.07, 6.45) is 11.9. The third kappa shape index (κ3) is 4.13. The Balaban J connectivity index is 1.34. The maximum absolute atomic E-state index is 4.76. The van der Waals surface area contributed by atoms with Crippen molar-refractivity contribution in [2.24, 2.45) is 0 Å². The van der Waals surface area contributed by atoms with Gasteiger partial charge in [-0.3, -0.25) is 0 Å². The van der Waals surface area contributed by atoms with Gasteiger partial charge in [-0.15, -0.1) is 0 Å². The van der Waals surface area contributed by atoms with Crippen LogP contribution in [0.5, 0.6) is 0 Å². The molecule has 0 amide bonds. The Kier molecular flexibility index (Phi) is 5.19. The highest BCUT2D eigenvalue weighted by Gasteiger charge is 2.17. The number of benzene rings is 1. The Hall–Kier alpha value is -2.83. The molecule has 7 heteroatoms. The van der Waals surface area contributed by atoms with E-state index >= 15 is 0 Å². The zero-order valence-electron chi connectivity index (χ0n) is 16.8. The second-order valence-corrected chi connectivity index (χ2v) is 8.20. The van der Waals surface area contributed by atoms with Crippen LogP contribution in [0.3, 0.4) is 0 Å². The van der Waals surface area contributed by atoms with Gasteiger partial charge < -0.3 is 20.5 Å². The van der Waals surface area contributed by atoms with Gasteiger partial charge >= 0.3 is 0 Å². The van der Waals surface area contributed by atoms with Gasteiger partial charge in [-0.2, -0.15) is 9.97 Å². The van der Waals surface area contributed by atoms with Gasteiger partial charge in [0.05, 0.1) is 6.33 Å². The molecule has 0 spiro atoms. The minimum Gasteiger partial charge on any atom is -0.372 e. The van der Waals surface area contributed by atoms with Gasteiger partial charge in [0.1, 0.15) is 5.52 Å². The SMILES string of the molecule is c1nc2nc(Nc3ccc(N4CCCCC4)cc3)nc(NC3CCCCC3)c2[nH]1. The summed E-state index contributed by atoms with van der Waals surface area (Å²) >= 11 is 0. The van der Waals surface area contributed by atoms with E-state index in [4.69, 9.17) is 4.98 Å². The van der Waals surface area contributed by atoms with E-state index in [-0.39, 0.29) is 0 Å². The van der Waals surface area contributed by atoms with Gasteiger partial charge in [0.2, 0.25) is 5.95 Å². The number of nitrogens with one attached hydrogen (secondary N) is 3. The van der Waals surface area contributed by atoms with Crippen LogP contribution in [0.2, 0.25) is 0 Å². The highest BCUT2D eigenvalue weighted by atomic mass is 15.2. The maximum atomic E-state index is 4.76. The third-order valence-corrected chi connectivity index (χ3v) is 6.08. The molecule has 7 nitrogen and oxygen atoms in total. The second-order valence-electron chi connectivity index (χ2n) is 8.20. The van der Waals surface area contributed by atoms with Crippen LogP contribution in [0, 0.1) is 0 Å². The van der Waals surface area contributed by atoms with Crippen LogP contribution in [-0.4, -0.2) is 39.1 Å². The number of anilines is 4. The Bertz CT molecular complexity index is 937. The average Bonchev–Trinajstić information content (AvgIpc) is 3.25. The zero-order valence-corrected chi connectivity index (χ0v) is 16.8. The highest BCUT2D eigenvalue weighted by Crippen LogP contribution is 2.27. The van der Waals surface area contributed by atoms with Crippen molar-refractivity contribution in [3.05, 3.63) is 30.6 Å². The lowest BCUT2D eigenvalue weighted by atomic mass is 9.95. The van der Waals surface area contributed by atoms with Crippen molar-refractivity contribution >= 4 is 34.3 Å². The summed E-state index contributed by atoms with van der Waals surface area (Å²) < 4.78 is 0. The number of piperidine rings is 1. The van der Waals surface area contributed by atoms with Crippen LogP contribution in [-0.2, 0) is 0 Å². The van der Waals surface area contributed by atoms with Crippen LogP contribution in [0.4, 0.5) is 23.1 Å². The summed E-state index contributed by atoms with van der Waals surface area (Å²) in [5.74, 6) is 1.42. The standard InChI is InChI=1S/C22H29N7/c1-3-7-16(8-4-1)25-21-19-20(24-15-23-19)27-22(28-21)26-17-9-11-18(12-10-17)29-13-5-2-6-14-29/h9-12,15-16H,1-8,13-14H2,(H3,23,24,25,26,27,28). The minimum absolute atomic E-state index is 0.474. The number of fused-ring (bicyclic) bond motifs is 1. The van der Waals surface area contributed by atoms with Gasteiger partial charge in [0, 0.05) is 30.5 Å². The summed E-state index contributed by atoms with van der Waals surface area (Å²) in [6, 6.07) is 9.05. The summed E-state index contributed by atoms with van der Waals surface area (Å²) in [5.41, 5.74) is 3.84. The molecular formula is C22H29N7. The van der Waals surface area contributed by atoms with E-state index < -0.39 is 0 Å². The van der Waals surface area contributed by atoms with Crippen molar-refractivity contribution in [3.8, 4) is 0 Å². The van der Waals surface area contributed by atoms with E-state index in [1.54, 1.807) is 6.33 Å². The molecule has 2 fully saturated rings. The fourth-order valence-corrected chi connectivity index (χ4v) is 4.47. The molecule has 3 aromatic rings. The van der Waals surface area contributed by atoms with Gasteiger partial charge in [-0.1, -0.05) is 19.3 Å². The molecule has 1 aliphatic carbocycles. The van der Waals surface area contributed by atoms with Gasteiger partial charge in [0.25, 0.3) is 0 Å². The molecule has 3 N–H and O–H groups in total. The van der Waals surface area contributed by atoms with Gasteiger partial charge in [-0.25, -0.2) is 4.98 Å². The van der Waals surface area contributed by atoms with Crippen LogP contribution < -0.4 is 15.5 Å². The number of aromatic amines is 1. The Labute approximate surface area is 171 Å². The molecule has 2 aromatic heterocycles. The van der Waals surface area contributed by atoms with E-state index in [9.17, 15) is 0 Å². The molecule has 0 radical (unpaired) electrons. The molecule has 1 aliphatic heterocycles. The Morgan fingerprint density at radius 3 is 2.45 bits per heavy atom. The molecule has 0 unspecified atom stereocenters. The Morgan fingerprint density at radius 1 is 0.897 bits per heavy atom. The van der Waals surface area contributed by atoms with E-state index in [2.05, 4.69) is 54.8 Å². The number of H-pyrrole nitrogens is 1. The number of imidazole rings is 1. The first kappa shape index (κ1) is 18.2. The molecule has 1 aromatic carbocycles. The number of hydrogen-bond acceptors (Lipinski definition) is 6. The number of hydrogen-bond donors (Lipinski definition) is 3. The van der Waals surface area contributed by atoms with Crippen LogP contribution in [0.25, 0.3) is 11.2 Å². The predicted octanol–water partition coefficient (Wildman–Crippen LogP) is 4.83. The molecule has 5 rings (SSSR count). The number of nitrogens with zero attached hydrogens (tertiary/aromatic N) is 4. The normalized spacial score (nSPS) is 18.1. The van der Waals surface area contributed by atoms with Crippen LogP contribution in [0.1, 0.15) is 51.4 Å². The summed E-state index contributed by atoms with van der Waals surface area (Å²) in [6.45, 7) is 2.31. The van der Waals surface area contributed by atoms with E-state index in [1.165, 1.54) is 57.1 Å². The molecular weight excluding hydrogens is 362 g/mol. The lowest BCUT2D eigenvalue weighted by Gasteiger charge is -2.28. The third-order valence-electron chi connectivity index (χ3n) is 6.08. The van der Waals surface area contributed by atoms with E-state index in [0.717, 1.165) is 30.1 Å². The summed E-state index contributed by atoms with van der Waals surface area (Å²) in [5, 5.41) is 6.98. The summed E-state index contributed by atoms with van der Waals surface area (Å²) in [4.78, 5) is 19.3. The van der Waals surface area contributed by atoms with Crippen molar-refractivity contribution in [2.45, 2.75) is 57.4 Å². The average molecular weight is 392 g/mol. The smallest absolute Gasteiger partial charge is 0.231 e. The lowest BCUT2D eigenvalue weighted by Crippen LogP contribution is -2.29.